The number of piperidine rings is 2. The molecule has 2 saturated heterocycles. The molecule has 2 aliphatic heterocycles. The third kappa shape index (κ3) is 7.36. The second-order valence-electron chi connectivity index (χ2n) is 15.2. The number of alkyl halides is 3. The summed E-state index contributed by atoms with van der Waals surface area (Å²) in [5, 5.41) is 20.8. The fourth-order valence-electron chi connectivity index (χ4n) is 8.76. The molecule has 5 aromatic rings. The molecule has 3 fully saturated rings. The highest BCUT2D eigenvalue weighted by Crippen LogP contribution is 2.38. The van der Waals surface area contributed by atoms with Crippen LogP contribution in [-0.2, 0) is 18.0 Å². The second kappa shape index (κ2) is 14.7. The Morgan fingerprint density at radius 2 is 1.75 bits per heavy atom. The minimum absolute atomic E-state index is 0.213. The van der Waals surface area contributed by atoms with E-state index in [0.29, 0.717) is 30.2 Å². The lowest BCUT2D eigenvalue weighted by Gasteiger charge is -2.37. The monoisotopic (exact) mass is 778 g/mol. The smallest absolute Gasteiger partial charge is 0.374 e. The molecule has 55 heavy (non-hydrogen) atoms. The first-order valence-corrected chi connectivity index (χ1v) is 19.2. The van der Waals surface area contributed by atoms with E-state index in [1.54, 1.807) is 28.3 Å². The number of anilines is 1. The van der Waals surface area contributed by atoms with Gasteiger partial charge in [0.2, 0.25) is 5.91 Å². The largest absolute Gasteiger partial charge is 0.433 e. The lowest BCUT2D eigenvalue weighted by molar-refractivity contribution is -0.141. The highest BCUT2D eigenvalue weighted by atomic mass is 35.5. The molecule has 2 amide bonds. The molecule has 3 N–H and O–H groups in total. The van der Waals surface area contributed by atoms with Crippen LogP contribution < -0.4 is 16.3 Å². The van der Waals surface area contributed by atoms with Gasteiger partial charge < -0.3 is 20.6 Å². The zero-order valence-electron chi connectivity index (χ0n) is 30.2. The van der Waals surface area contributed by atoms with Gasteiger partial charge in [0, 0.05) is 25.2 Å². The van der Waals surface area contributed by atoms with E-state index in [-0.39, 0.29) is 34.0 Å². The topological polar surface area (TPSA) is 139 Å². The molecule has 0 bridgehead atoms. The highest BCUT2D eigenvalue weighted by Gasteiger charge is 2.35. The minimum atomic E-state index is -4.67. The standard InChI is InChI=1S/C39H42ClF3N8O4/c1-48-35-26(4-2-6-31(35)51(38(48)55)32-12-13-34(52)46-37(32)54)23-14-16-49(17-15-23)20-22-8-10-25(11-9-22)50-21-24-18-30(27(40)19-29(24)47-50)45-36(53)28-5-3-7-33(44-28)39(41,42)43/h2-7,18-19,21-23,25,32,34,52H,8-17,20H2,1H3,(H,45,53)(H,46,54). The minimum Gasteiger partial charge on any atom is -0.374 e. The number of rotatable bonds is 7. The van der Waals surface area contributed by atoms with Crippen LogP contribution in [-0.4, -0.2) is 71.6 Å². The van der Waals surface area contributed by atoms with Gasteiger partial charge >= 0.3 is 11.9 Å². The van der Waals surface area contributed by atoms with E-state index in [1.165, 1.54) is 6.07 Å². The Hall–Kier alpha value is -4.73. The maximum Gasteiger partial charge on any atom is 0.433 e. The average molecular weight is 779 g/mol. The van der Waals surface area contributed by atoms with Gasteiger partial charge in [0.25, 0.3) is 5.91 Å². The van der Waals surface area contributed by atoms with Gasteiger partial charge in [-0.3, -0.25) is 23.4 Å². The molecular formula is C39H42ClF3N8O4. The van der Waals surface area contributed by atoms with Crippen LogP contribution in [0.25, 0.3) is 21.9 Å². The Kier molecular flexibility index (Phi) is 9.97. The number of imidazole rings is 1. The summed E-state index contributed by atoms with van der Waals surface area (Å²) in [6, 6.07) is 12.1. The van der Waals surface area contributed by atoms with Gasteiger partial charge in [0.1, 0.15) is 23.7 Å². The number of halogens is 4. The summed E-state index contributed by atoms with van der Waals surface area (Å²) < 4.78 is 44.6. The first kappa shape index (κ1) is 37.2. The van der Waals surface area contributed by atoms with Crippen LogP contribution in [0.4, 0.5) is 18.9 Å². The summed E-state index contributed by atoms with van der Waals surface area (Å²) in [4.78, 5) is 45.0. The summed E-state index contributed by atoms with van der Waals surface area (Å²) in [7, 11) is 1.77. The lowest BCUT2D eigenvalue weighted by Crippen LogP contribution is -2.46. The Labute approximate surface area is 319 Å². The van der Waals surface area contributed by atoms with Crippen molar-refractivity contribution in [2.75, 3.05) is 25.0 Å². The Balaban J connectivity index is 0.867. The van der Waals surface area contributed by atoms with E-state index in [0.717, 1.165) is 92.3 Å². The number of hydrogen-bond acceptors (Lipinski definition) is 7. The number of aliphatic hydroxyl groups is 1. The fraction of sp³-hybridized carbons (Fsp3) is 0.462. The molecule has 2 aromatic carbocycles. The van der Waals surface area contributed by atoms with Crippen LogP contribution in [0.3, 0.4) is 0 Å². The summed E-state index contributed by atoms with van der Waals surface area (Å²) >= 11 is 6.46. The van der Waals surface area contributed by atoms with Gasteiger partial charge in [0.15, 0.2) is 0 Å². The number of likely N-dealkylation sites (tertiary alicyclic amines) is 1. The van der Waals surface area contributed by atoms with E-state index in [9.17, 15) is 32.7 Å². The van der Waals surface area contributed by atoms with Crippen molar-refractivity contribution >= 4 is 51.0 Å². The summed E-state index contributed by atoms with van der Waals surface area (Å²) in [6.07, 6.45) is 3.20. The number of fused-ring (bicyclic) bond motifs is 2. The molecule has 2 unspecified atom stereocenters. The summed E-state index contributed by atoms with van der Waals surface area (Å²) in [6.45, 7) is 2.96. The fourth-order valence-corrected chi connectivity index (χ4v) is 8.97. The van der Waals surface area contributed by atoms with Gasteiger partial charge in [-0.05, 0) is 112 Å². The van der Waals surface area contributed by atoms with Gasteiger partial charge in [0.05, 0.1) is 33.3 Å². The van der Waals surface area contributed by atoms with Gasteiger partial charge in [-0.2, -0.15) is 18.3 Å². The number of aromatic nitrogens is 5. The van der Waals surface area contributed by atoms with Gasteiger partial charge in [-0.15, -0.1) is 0 Å². The number of carbonyl (C=O) groups is 2. The van der Waals surface area contributed by atoms with Crippen LogP contribution in [0, 0.1) is 5.92 Å². The number of aryl methyl sites for hydroxylation is 1. The van der Waals surface area contributed by atoms with E-state index in [2.05, 4.69) is 26.6 Å². The Morgan fingerprint density at radius 1 is 1.00 bits per heavy atom. The maximum atomic E-state index is 13.4. The molecule has 12 nitrogen and oxygen atoms in total. The second-order valence-corrected chi connectivity index (χ2v) is 15.6. The number of benzene rings is 2. The molecule has 1 aliphatic carbocycles. The lowest BCUT2D eigenvalue weighted by atomic mass is 9.84. The van der Waals surface area contributed by atoms with Crippen LogP contribution in [0.2, 0.25) is 5.02 Å². The molecule has 0 radical (unpaired) electrons. The predicted octanol–water partition coefficient (Wildman–Crippen LogP) is 6.39. The van der Waals surface area contributed by atoms with Crippen molar-refractivity contribution in [2.24, 2.45) is 13.0 Å². The Bertz CT molecular complexity index is 2320. The summed E-state index contributed by atoms with van der Waals surface area (Å²) in [5.74, 6) is -0.263. The van der Waals surface area contributed by atoms with Crippen LogP contribution in [0.1, 0.15) is 91.1 Å². The van der Waals surface area contributed by atoms with Crippen molar-refractivity contribution in [1.29, 1.82) is 0 Å². The SMILES string of the molecule is Cn1c(=O)n(C2CCC(O)NC2=O)c2cccc(C3CCN(CC4CCC(n5cc6cc(NC(=O)c7cccc(C(F)(F)F)n7)c(Cl)cc6n5)CC4)CC3)c21. The van der Waals surface area contributed by atoms with E-state index in [1.807, 2.05) is 23.0 Å². The molecule has 16 heteroatoms. The number of amides is 2. The number of aliphatic hydroxyl groups excluding tert-OH is 1. The van der Waals surface area contributed by atoms with E-state index >= 15 is 0 Å². The van der Waals surface area contributed by atoms with Crippen molar-refractivity contribution in [3.63, 3.8) is 0 Å². The predicted molar refractivity (Wildman–Crippen MR) is 201 cm³/mol. The van der Waals surface area contributed by atoms with Crippen molar-refractivity contribution in [3.8, 4) is 0 Å². The number of hydrogen-bond donors (Lipinski definition) is 3. The number of carbonyl (C=O) groups excluding carboxylic acids is 2. The molecule has 1 saturated carbocycles. The third-order valence-corrected chi connectivity index (χ3v) is 11.9. The van der Waals surface area contributed by atoms with Crippen LogP contribution in [0.15, 0.2) is 59.5 Å². The third-order valence-electron chi connectivity index (χ3n) is 11.6. The molecular weight excluding hydrogens is 737 g/mol. The van der Waals surface area contributed by atoms with Crippen molar-refractivity contribution in [1.82, 2.24) is 34.1 Å². The number of pyridine rings is 1. The number of nitrogens with zero attached hydrogens (tertiary/aromatic N) is 6. The quantitative estimate of drug-likeness (QED) is 0.174. The van der Waals surface area contributed by atoms with Gasteiger partial charge in [-0.1, -0.05) is 29.8 Å². The maximum absolute atomic E-state index is 13.4. The van der Waals surface area contributed by atoms with Crippen molar-refractivity contribution < 1.29 is 27.9 Å². The van der Waals surface area contributed by atoms with Crippen LogP contribution >= 0.6 is 11.6 Å². The van der Waals surface area contributed by atoms with E-state index in [4.69, 9.17) is 16.7 Å². The van der Waals surface area contributed by atoms with E-state index < -0.39 is 30.0 Å². The Morgan fingerprint density at radius 3 is 2.47 bits per heavy atom. The molecule has 2 atom stereocenters. The molecule has 8 rings (SSSR count). The number of para-hydroxylation sites is 1. The highest BCUT2D eigenvalue weighted by molar-refractivity contribution is 6.34. The zero-order chi connectivity index (χ0) is 38.6. The van der Waals surface area contributed by atoms with Crippen LogP contribution in [0.5, 0.6) is 0 Å². The molecule has 290 valence electrons. The molecule has 0 spiro atoms. The normalized spacial score (nSPS) is 23.0. The molecule has 3 aliphatic rings. The first-order chi connectivity index (χ1) is 26.3. The molecule has 3 aromatic heterocycles. The number of nitrogens with one attached hydrogen (secondary N) is 2. The summed E-state index contributed by atoms with van der Waals surface area (Å²) in [5.41, 5.74) is 1.97. The van der Waals surface area contributed by atoms with Gasteiger partial charge in [-0.25, -0.2) is 9.78 Å². The van der Waals surface area contributed by atoms with Crippen molar-refractivity contribution in [2.45, 2.75) is 81.8 Å². The molecule has 5 heterocycles. The average Bonchev–Trinajstić information content (AvgIpc) is 3.69. The zero-order valence-corrected chi connectivity index (χ0v) is 31.0. The first-order valence-electron chi connectivity index (χ1n) is 18.8. The van der Waals surface area contributed by atoms with Crippen molar-refractivity contribution in [3.05, 3.63) is 87.2 Å².